The van der Waals surface area contributed by atoms with Crippen molar-refractivity contribution < 1.29 is 14.3 Å². The van der Waals surface area contributed by atoms with Gasteiger partial charge in [-0.25, -0.2) is 0 Å². The van der Waals surface area contributed by atoms with Crippen LogP contribution in [0, 0.1) is 0 Å². The SMILES string of the molecule is O=C(COc1ccc2cc(Br)ccc2c1Br)NNC(=S)NC(=O)Cc1ccc(Cl)cc1. The third-order valence-corrected chi connectivity index (χ3v) is 5.85. The quantitative estimate of drug-likeness (QED) is 0.300. The number of thiocarbonyl (C=S) groups is 1. The maximum atomic E-state index is 12.0. The Hall–Kier alpha value is -2.20. The Labute approximate surface area is 205 Å². The van der Waals surface area contributed by atoms with E-state index in [0.29, 0.717) is 10.8 Å². The van der Waals surface area contributed by atoms with Crippen molar-refractivity contribution in [1.29, 1.82) is 0 Å². The second-order valence-electron chi connectivity index (χ2n) is 6.39. The Balaban J connectivity index is 1.44. The maximum absolute atomic E-state index is 12.0. The number of nitrogens with one attached hydrogen (secondary N) is 3. The van der Waals surface area contributed by atoms with Crippen LogP contribution in [0.3, 0.4) is 0 Å². The standard InChI is InChI=1S/C21H16Br2ClN3O3S/c22-14-4-7-16-13(10-14)3-8-17(20(16)23)30-11-19(29)26-27-21(31)25-18(28)9-12-1-5-15(24)6-2-12/h1-8,10H,9,11H2,(H,26,29)(H2,25,27,28,31). The number of halogens is 3. The molecule has 3 rings (SSSR count). The lowest BCUT2D eigenvalue weighted by molar-refractivity contribution is -0.124. The van der Waals surface area contributed by atoms with Crippen molar-refractivity contribution in [3.8, 4) is 5.75 Å². The first-order chi connectivity index (χ1) is 14.8. The summed E-state index contributed by atoms with van der Waals surface area (Å²) in [6, 6.07) is 16.5. The van der Waals surface area contributed by atoms with Crippen molar-refractivity contribution in [2.45, 2.75) is 6.42 Å². The van der Waals surface area contributed by atoms with Gasteiger partial charge in [-0.15, -0.1) is 0 Å². The average molecular weight is 586 g/mol. The molecule has 0 unspecified atom stereocenters. The molecule has 0 aliphatic carbocycles. The lowest BCUT2D eigenvalue weighted by atomic mass is 10.1. The van der Waals surface area contributed by atoms with Gasteiger partial charge in [-0.1, -0.05) is 51.8 Å². The van der Waals surface area contributed by atoms with Gasteiger partial charge in [0, 0.05) is 9.50 Å². The highest BCUT2D eigenvalue weighted by Crippen LogP contribution is 2.34. The third kappa shape index (κ3) is 6.90. The number of fused-ring (bicyclic) bond motifs is 1. The minimum absolute atomic E-state index is 0.0234. The summed E-state index contributed by atoms with van der Waals surface area (Å²) in [5.41, 5.74) is 5.65. The predicted molar refractivity (Wildman–Crippen MR) is 132 cm³/mol. The number of amides is 2. The zero-order valence-corrected chi connectivity index (χ0v) is 20.6. The van der Waals surface area contributed by atoms with Crippen LogP contribution in [0.4, 0.5) is 0 Å². The molecule has 6 nitrogen and oxygen atoms in total. The van der Waals surface area contributed by atoms with Crippen LogP contribution in [-0.4, -0.2) is 23.5 Å². The molecule has 0 radical (unpaired) electrons. The Morgan fingerprint density at radius 3 is 2.45 bits per heavy atom. The molecular formula is C21H16Br2ClN3O3S. The summed E-state index contributed by atoms with van der Waals surface area (Å²) in [4.78, 5) is 24.1. The molecule has 0 bridgehead atoms. The Kier molecular flexibility index (Phi) is 8.25. The largest absolute Gasteiger partial charge is 0.483 e. The molecule has 31 heavy (non-hydrogen) atoms. The van der Waals surface area contributed by atoms with E-state index in [1.54, 1.807) is 30.3 Å². The number of hydrazine groups is 1. The van der Waals surface area contributed by atoms with Gasteiger partial charge in [-0.05, 0) is 74.8 Å². The molecule has 0 spiro atoms. The van der Waals surface area contributed by atoms with Gasteiger partial charge >= 0.3 is 0 Å². The van der Waals surface area contributed by atoms with Crippen molar-refractivity contribution in [3.63, 3.8) is 0 Å². The number of hydrogen-bond donors (Lipinski definition) is 3. The third-order valence-electron chi connectivity index (χ3n) is 4.09. The molecule has 0 aromatic heterocycles. The first kappa shape index (κ1) is 23.5. The molecule has 0 saturated heterocycles. The normalized spacial score (nSPS) is 10.4. The van der Waals surface area contributed by atoms with E-state index in [1.807, 2.05) is 24.3 Å². The highest BCUT2D eigenvalue weighted by molar-refractivity contribution is 9.11. The van der Waals surface area contributed by atoms with Gasteiger partial charge < -0.3 is 10.1 Å². The molecule has 3 aromatic rings. The number of benzene rings is 3. The fraction of sp³-hybridized carbons (Fsp3) is 0.0952. The van der Waals surface area contributed by atoms with E-state index >= 15 is 0 Å². The zero-order valence-electron chi connectivity index (χ0n) is 15.9. The Morgan fingerprint density at radius 2 is 1.71 bits per heavy atom. The zero-order chi connectivity index (χ0) is 22.4. The molecule has 0 aliphatic rings. The van der Waals surface area contributed by atoms with E-state index in [9.17, 15) is 9.59 Å². The number of hydrogen-bond acceptors (Lipinski definition) is 4. The second-order valence-corrected chi connectivity index (χ2v) is 8.94. The van der Waals surface area contributed by atoms with Crippen LogP contribution in [0.5, 0.6) is 5.75 Å². The van der Waals surface area contributed by atoms with Gasteiger partial charge in [0.05, 0.1) is 10.9 Å². The number of carbonyl (C=O) groups is 2. The van der Waals surface area contributed by atoms with Gasteiger partial charge in [-0.3, -0.25) is 20.4 Å². The van der Waals surface area contributed by atoms with E-state index in [0.717, 1.165) is 25.3 Å². The van der Waals surface area contributed by atoms with E-state index in [4.69, 9.17) is 28.6 Å². The summed E-state index contributed by atoms with van der Waals surface area (Å²) < 4.78 is 7.31. The molecule has 160 valence electrons. The molecule has 0 saturated carbocycles. The van der Waals surface area contributed by atoms with Crippen LogP contribution < -0.4 is 20.9 Å². The van der Waals surface area contributed by atoms with Gasteiger partial charge in [0.2, 0.25) is 5.91 Å². The summed E-state index contributed by atoms with van der Waals surface area (Å²) in [6.45, 7) is -0.241. The summed E-state index contributed by atoms with van der Waals surface area (Å²) in [6.07, 6.45) is 0.128. The second kappa shape index (κ2) is 10.9. The average Bonchev–Trinajstić information content (AvgIpc) is 2.73. The molecule has 10 heteroatoms. The smallest absolute Gasteiger partial charge is 0.276 e. The molecule has 0 fully saturated rings. The van der Waals surface area contributed by atoms with Gasteiger partial charge in [-0.2, -0.15) is 0 Å². The lowest BCUT2D eigenvalue weighted by Gasteiger charge is -2.13. The molecule has 0 heterocycles. The van der Waals surface area contributed by atoms with E-state index in [-0.39, 0.29) is 24.0 Å². The minimum atomic E-state index is -0.461. The highest BCUT2D eigenvalue weighted by atomic mass is 79.9. The van der Waals surface area contributed by atoms with Crippen molar-refractivity contribution >= 4 is 83.4 Å². The van der Waals surface area contributed by atoms with Crippen LogP contribution in [0.15, 0.2) is 63.5 Å². The van der Waals surface area contributed by atoms with E-state index in [2.05, 4.69) is 48.0 Å². The Bertz CT molecular complexity index is 1140. The van der Waals surface area contributed by atoms with Crippen molar-refractivity contribution in [2.75, 3.05) is 6.61 Å². The van der Waals surface area contributed by atoms with Gasteiger partial charge in [0.1, 0.15) is 5.75 Å². The van der Waals surface area contributed by atoms with Crippen LogP contribution in [-0.2, 0) is 16.0 Å². The molecule has 2 amide bonds. The molecule has 3 N–H and O–H groups in total. The van der Waals surface area contributed by atoms with Crippen molar-refractivity contribution in [2.24, 2.45) is 0 Å². The first-order valence-electron chi connectivity index (χ1n) is 8.95. The number of rotatable bonds is 5. The summed E-state index contributed by atoms with van der Waals surface area (Å²) in [7, 11) is 0. The van der Waals surface area contributed by atoms with Crippen molar-refractivity contribution in [1.82, 2.24) is 16.2 Å². The monoisotopic (exact) mass is 583 g/mol. The van der Waals surface area contributed by atoms with Crippen LogP contribution in [0.2, 0.25) is 5.02 Å². The topological polar surface area (TPSA) is 79.5 Å². The highest BCUT2D eigenvalue weighted by Gasteiger charge is 2.10. The fourth-order valence-corrected chi connectivity index (χ4v) is 3.93. The van der Waals surface area contributed by atoms with Crippen LogP contribution in [0.1, 0.15) is 5.56 Å². The fourth-order valence-electron chi connectivity index (χ4n) is 2.65. The van der Waals surface area contributed by atoms with Crippen LogP contribution >= 0.6 is 55.7 Å². The van der Waals surface area contributed by atoms with Gasteiger partial charge in [0.25, 0.3) is 5.91 Å². The first-order valence-corrected chi connectivity index (χ1v) is 11.3. The predicted octanol–water partition coefficient (Wildman–Crippen LogP) is 4.66. The van der Waals surface area contributed by atoms with Gasteiger partial charge in [0.15, 0.2) is 11.7 Å². The summed E-state index contributed by atoms with van der Waals surface area (Å²) in [5.74, 6) is -0.252. The van der Waals surface area contributed by atoms with E-state index in [1.165, 1.54) is 0 Å². The minimum Gasteiger partial charge on any atom is -0.483 e. The van der Waals surface area contributed by atoms with Crippen molar-refractivity contribution in [3.05, 3.63) is 74.1 Å². The van der Waals surface area contributed by atoms with E-state index < -0.39 is 5.91 Å². The summed E-state index contributed by atoms with van der Waals surface area (Å²) >= 11 is 17.8. The number of ether oxygens (including phenoxy) is 1. The molecular weight excluding hydrogens is 570 g/mol. The molecule has 3 aromatic carbocycles. The lowest BCUT2D eigenvalue weighted by Crippen LogP contribution is -2.49. The molecule has 0 atom stereocenters. The summed E-state index contributed by atoms with van der Waals surface area (Å²) in [5, 5.41) is 5.05. The van der Waals surface area contributed by atoms with Crippen LogP contribution in [0.25, 0.3) is 10.8 Å². The molecule has 0 aliphatic heterocycles. The Morgan fingerprint density at radius 1 is 0.968 bits per heavy atom. The maximum Gasteiger partial charge on any atom is 0.276 e. The number of carbonyl (C=O) groups excluding carboxylic acids is 2.